The molecule has 15 heavy (non-hydrogen) atoms. The summed E-state index contributed by atoms with van der Waals surface area (Å²) in [6.07, 6.45) is 3.37. The monoisotopic (exact) mass is 205 g/mol. The van der Waals surface area contributed by atoms with Crippen molar-refractivity contribution in [1.29, 1.82) is 0 Å². The Hall–Kier alpha value is -1.02. The molecular weight excluding hydrogens is 186 g/mol. The third-order valence-electron chi connectivity index (χ3n) is 3.46. The van der Waals surface area contributed by atoms with E-state index in [4.69, 9.17) is 10.5 Å². The lowest BCUT2D eigenvalue weighted by Gasteiger charge is -2.11. The van der Waals surface area contributed by atoms with Crippen LogP contribution < -0.4 is 10.5 Å². The summed E-state index contributed by atoms with van der Waals surface area (Å²) in [6.45, 7) is 2.22. The first-order valence-electron chi connectivity index (χ1n) is 5.60. The Morgan fingerprint density at radius 2 is 2.07 bits per heavy atom. The first-order valence-corrected chi connectivity index (χ1v) is 5.60. The molecule has 1 aromatic carbocycles. The fraction of sp³-hybridized carbons (Fsp3) is 0.538. The average molecular weight is 205 g/mol. The van der Waals surface area contributed by atoms with Gasteiger partial charge in [-0.05, 0) is 36.5 Å². The Morgan fingerprint density at radius 3 is 2.53 bits per heavy atom. The van der Waals surface area contributed by atoms with E-state index in [1.54, 1.807) is 7.11 Å². The first kappa shape index (κ1) is 10.5. The van der Waals surface area contributed by atoms with Gasteiger partial charge in [0.15, 0.2) is 0 Å². The highest BCUT2D eigenvalue weighted by molar-refractivity contribution is 5.30. The molecule has 2 unspecified atom stereocenters. The highest BCUT2D eigenvalue weighted by atomic mass is 16.5. The highest BCUT2D eigenvalue weighted by Gasteiger charge is 2.48. The Balaban J connectivity index is 2.00. The van der Waals surface area contributed by atoms with Crippen molar-refractivity contribution in [2.75, 3.05) is 7.11 Å². The molecule has 0 amide bonds. The Morgan fingerprint density at radius 1 is 1.40 bits per heavy atom. The molecular formula is C13H19NO. The maximum absolute atomic E-state index is 6.27. The Labute approximate surface area is 91.4 Å². The summed E-state index contributed by atoms with van der Waals surface area (Å²) < 4.78 is 5.13. The largest absolute Gasteiger partial charge is 0.497 e. The van der Waals surface area contributed by atoms with E-state index >= 15 is 0 Å². The summed E-state index contributed by atoms with van der Waals surface area (Å²) in [5.41, 5.74) is 7.66. The van der Waals surface area contributed by atoms with Crippen molar-refractivity contribution in [3.8, 4) is 5.75 Å². The fourth-order valence-corrected chi connectivity index (χ4v) is 2.29. The normalized spacial score (nSPS) is 28.9. The Bertz CT molecular complexity index is 333. The zero-order chi connectivity index (χ0) is 10.9. The zero-order valence-electron chi connectivity index (χ0n) is 9.49. The maximum Gasteiger partial charge on any atom is 0.118 e. The van der Waals surface area contributed by atoms with Crippen LogP contribution in [-0.4, -0.2) is 12.6 Å². The first-order chi connectivity index (χ1) is 7.18. The van der Waals surface area contributed by atoms with Crippen LogP contribution in [0, 0.1) is 5.92 Å². The van der Waals surface area contributed by atoms with Crippen LogP contribution in [0.5, 0.6) is 5.75 Å². The fourth-order valence-electron chi connectivity index (χ4n) is 2.29. The van der Waals surface area contributed by atoms with Gasteiger partial charge in [-0.2, -0.15) is 0 Å². The second kappa shape index (κ2) is 3.86. The van der Waals surface area contributed by atoms with Crippen molar-refractivity contribution in [2.45, 2.75) is 31.7 Å². The van der Waals surface area contributed by atoms with Gasteiger partial charge in [0, 0.05) is 5.54 Å². The van der Waals surface area contributed by atoms with E-state index in [2.05, 4.69) is 19.1 Å². The molecule has 0 aromatic heterocycles. The molecule has 2 N–H and O–H groups in total. The molecule has 0 aliphatic heterocycles. The summed E-state index contributed by atoms with van der Waals surface area (Å²) in [4.78, 5) is 0. The average Bonchev–Trinajstić information content (AvgIpc) is 2.90. The number of hydrogen-bond acceptors (Lipinski definition) is 2. The molecule has 82 valence electrons. The molecule has 2 atom stereocenters. The molecule has 2 nitrogen and oxygen atoms in total. The number of nitrogens with two attached hydrogens (primary N) is 1. The second-order valence-electron chi connectivity index (χ2n) is 4.57. The van der Waals surface area contributed by atoms with Crippen LogP contribution in [0.2, 0.25) is 0 Å². The van der Waals surface area contributed by atoms with Gasteiger partial charge in [-0.25, -0.2) is 0 Å². The van der Waals surface area contributed by atoms with E-state index in [9.17, 15) is 0 Å². The van der Waals surface area contributed by atoms with Gasteiger partial charge < -0.3 is 10.5 Å². The minimum absolute atomic E-state index is 0.0728. The smallest absolute Gasteiger partial charge is 0.118 e. The highest BCUT2D eigenvalue weighted by Crippen LogP contribution is 2.45. The van der Waals surface area contributed by atoms with Gasteiger partial charge in [0.05, 0.1) is 7.11 Å². The molecule has 1 saturated carbocycles. The number of benzene rings is 1. The van der Waals surface area contributed by atoms with Gasteiger partial charge in [-0.15, -0.1) is 0 Å². The van der Waals surface area contributed by atoms with Crippen LogP contribution in [-0.2, 0) is 6.42 Å². The van der Waals surface area contributed by atoms with Crippen molar-refractivity contribution in [3.05, 3.63) is 29.8 Å². The van der Waals surface area contributed by atoms with Gasteiger partial charge in [0.2, 0.25) is 0 Å². The van der Waals surface area contributed by atoms with Crippen molar-refractivity contribution < 1.29 is 4.74 Å². The van der Waals surface area contributed by atoms with Crippen molar-refractivity contribution >= 4 is 0 Å². The second-order valence-corrected chi connectivity index (χ2v) is 4.57. The molecule has 0 radical (unpaired) electrons. The SMILES string of the molecule is CCC1CC1(N)Cc1ccc(OC)cc1. The van der Waals surface area contributed by atoms with E-state index in [0.29, 0.717) is 0 Å². The molecule has 0 spiro atoms. The molecule has 1 fully saturated rings. The lowest BCUT2D eigenvalue weighted by Crippen LogP contribution is -2.27. The van der Waals surface area contributed by atoms with Gasteiger partial charge in [-0.3, -0.25) is 0 Å². The van der Waals surface area contributed by atoms with Crippen molar-refractivity contribution in [1.82, 2.24) is 0 Å². The standard InChI is InChI=1S/C13H19NO/c1-3-11-9-13(11,14)8-10-4-6-12(15-2)7-5-10/h4-7,11H,3,8-9,14H2,1-2H3. The summed E-state index contributed by atoms with van der Waals surface area (Å²) >= 11 is 0. The summed E-state index contributed by atoms with van der Waals surface area (Å²) in [6, 6.07) is 8.22. The third kappa shape index (κ3) is 2.15. The van der Waals surface area contributed by atoms with E-state index in [1.807, 2.05) is 12.1 Å². The Kier molecular flexibility index (Phi) is 2.70. The van der Waals surface area contributed by atoms with Crippen LogP contribution in [0.3, 0.4) is 0 Å². The number of ether oxygens (including phenoxy) is 1. The van der Waals surface area contributed by atoms with E-state index in [-0.39, 0.29) is 5.54 Å². The van der Waals surface area contributed by atoms with Gasteiger partial charge >= 0.3 is 0 Å². The molecule has 1 aliphatic rings. The van der Waals surface area contributed by atoms with Gasteiger partial charge in [0.1, 0.15) is 5.75 Å². The van der Waals surface area contributed by atoms with Crippen LogP contribution in [0.15, 0.2) is 24.3 Å². The minimum atomic E-state index is 0.0728. The van der Waals surface area contributed by atoms with Crippen LogP contribution in [0.1, 0.15) is 25.3 Å². The van der Waals surface area contributed by atoms with Crippen molar-refractivity contribution in [3.63, 3.8) is 0 Å². The predicted molar refractivity (Wildman–Crippen MR) is 62.0 cm³/mol. The minimum Gasteiger partial charge on any atom is -0.497 e. The summed E-state index contributed by atoms with van der Waals surface area (Å²) in [5, 5.41) is 0. The molecule has 1 aliphatic carbocycles. The number of rotatable bonds is 4. The molecule has 0 heterocycles. The predicted octanol–water partition coefficient (Wildman–Crippen LogP) is 2.37. The molecule has 2 rings (SSSR count). The van der Waals surface area contributed by atoms with Crippen molar-refractivity contribution in [2.24, 2.45) is 11.7 Å². The lowest BCUT2D eigenvalue weighted by atomic mass is 10.0. The molecule has 0 bridgehead atoms. The van der Waals surface area contributed by atoms with Gasteiger partial charge in [0.25, 0.3) is 0 Å². The number of methoxy groups -OCH3 is 1. The maximum atomic E-state index is 6.27. The van der Waals surface area contributed by atoms with E-state index in [1.165, 1.54) is 18.4 Å². The van der Waals surface area contributed by atoms with Crippen LogP contribution >= 0.6 is 0 Å². The van der Waals surface area contributed by atoms with Crippen LogP contribution in [0.25, 0.3) is 0 Å². The lowest BCUT2D eigenvalue weighted by molar-refractivity contribution is 0.414. The zero-order valence-corrected chi connectivity index (χ0v) is 9.49. The molecule has 1 aromatic rings. The van der Waals surface area contributed by atoms with Crippen LogP contribution in [0.4, 0.5) is 0 Å². The third-order valence-corrected chi connectivity index (χ3v) is 3.46. The summed E-state index contributed by atoms with van der Waals surface area (Å²) in [5.74, 6) is 1.63. The quantitative estimate of drug-likeness (QED) is 0.819. The molecule has 2 heteroatoms. The molecule has 0 saturated heterocycles. The topological polar surface area (TPSA) is 35.2 Å². The summed E-state index contributed by atoms with van der Waals surface area (Å²) in [7, 11) is 1.69. The van der Waals surface area contributed by atoms with E-state index < -0.39 is 0 Å². The number of hydrogen-bond donors (Lipinski definition) is 1. The van der Waals surface area contributed by atoms with E-state index in [0.717, 1.165) is 18.1 Å². The van der Waals surface area contributed by atoms with Gasteiger partial charge in [-0.1, -0.05) is 25.5 Å².